The van der Waals surface area contributed by atoms with Crippen LogP contribution in [0.15, 0.2) is 42.6 Å². The van der Waals surface area contributed by atoms with Gasteiger partial charge in [-0.1, -0.05) is 12.1 Å². The molecule has 0 unspecified atom stereocenters. The zero-order valence-electron chi connectivity index (χ0n) is 19.7. The van der Waals surface area contributed by atoms with Crippen LogP contribution in [-0.2, 0) is 15.3 Å². The second-order valence-corrected chi connectivity index (χ2v) is 9.71. The normalized spacial score (nSPS) is 22.7. The first kappa shape index (κ1) is 23.7. The Hall–Kier alpha value is -2.48. The van der Waals surface area contributed by atoms with E-state index >= 15 is 0 Å². The molecule has 1 aliphatic heterocycles. The molecule has 4 rings (SSSR count). The smallest absolute Gasteiger partial charge is 0.256 e. The molecule has 2 aromatic rings. The average Bonchev–Trinajstić information content (AvgIpc) is 3.25. The van der Waals surface area contributed by atoms with E-state index in [1.807, 2.05) is 45.0 Å². The lowest BCUT2D eigenvalue weighted by Crippen LogP contribution is -2.37. The maximum atomic E-state index is 12.9. The first-order chi connectivity index (χ1) is 15.7. The highest BCUT2D eigenvalue weighted by molar-refractivity contribution is 5.96. The number of carbonyl (C=O) groups is 1. The molecule has 1 aromatic carbocycles. The second kappa shape index (κ2) is 9.79. The summed E-state index contributed by atoms with van der Waals surface area (Å²) in [7, 11) is 0. The van der Waals surface area contributed by atoms with E-state index in [1.165, 1.54) is 0 Å². The minimum absolute atomic E-state index is 0.201. The molecule has 33 heavy (non-hydrogen) atoms. The van der Waals surface area contributed by atoms with Crippen LogP contribution in [0.4, 0.5) is 0 Å². The standard InChI is InChI=1S/C26H34N2O5/c1-25(2,30)19-11-9-18(10-12-19)17-28-23(29)22-8-5-13-27-24(22)33-21-7-4-6-20(16-21)26(3)31-14-15-32-26/h4-8,13,16,18-19,30H,9-12,14-15,17H2,1-3H3,(H,28,29). The molecule has 1 saturated carbocycles. The van der Waals surface area contributed by atoms with Gasteiger partial charge in [-0.15, -0.1) is 0 Å². The third-order valence-electron chi connectivity index (χ3n) is 6.82. The van der Waals surface area contributed by atoms with Gasteiger partial charge >= 0.3 is 0 Å². The van der Waals surface area contributed by atoms with Crippen molar-refractivity contribution in [2.45, 2.75) is 57.8 Å². The van der Waals surface area contributed by atoms with E-state index in [0.29, 0.717) is 42.9 Å². The molecule has 7 nitrogen and oxygen atoms in total. The van der Waals surface area contributed by atoms with Crippen molar-refractivity contribution in [3.05, 3.63) is 53.7 Å². The van der Waals surface area contributed by atoms with Crippen molar-refractivity contribution in [3.8, 4) is 11.6 Å². The highest BCUT2D eigenvalue weighted by atomic mass is 16.7. The van der Waals surface area contributed by atoms with Crippen LogP contribution in [-0.4, -0.2) is 41.4 Å². The summed E-state index contributed by atoms with van der Waals surface area (Å²) in [4.78, 5) is 17.2. The van der Waals surface area contributed by atoms with E-state index in [2.05, 4.69) is 10.3 Å². The molecule has 2 heterocycles. The Morgan fingerprint density at radius 2 is 1.91 bits per heavy atom. The lowest BCUT2D eigenvalue weighted by Gasteiger charge is -2.35. The summed E-state index contributed by atoms with van der Waals surface area (Å²) in [5.74, 6) is 0.557. The topological polar surface area (TPSA) is 89.9 Å². The summed E-state index contributed by atoms with van der Waals surface area (Å²) in [6, 6.07) is 10.9. The lowest BCUT2D eigenvalue weighted by molar-refractivity contribution is -0.149. The molecule has 178 valence electrons. The zero-order valence-corrected chi connectivity index (χ0v) is 19.7. The Morgan fingerprint density at radius 3 is 2.61 bits per heavy atom. The number of ether oxygens (including phenoxy) is 3. The largest absolute Gasteiger partial charge is 0.438 e. The van der Waals surface area contributed by atoms with Gasteiger partial charge in [-0.2, -0.15) is 0 Å². The number of rotatable bonds is 7. The van der Waals surface area contributed by atoms with Crippen LogP contribution in [0.5, 0.6) is 11.6 Å². The summed E-state index contributed by atoms with van der Waals surface area (Å²) >= 11 is 0. The first-order valence-corrected chi connectivity index (χ1v) is 11.8. The quantitative estimate of drug-likeness (QED) is 0.645. The highest BCUT2D eigenvalue weighted by Crippen LogP contribution is 2.36. The Morgan fingerprint density at radius 1 is 1.18 bits per heavy atom. The molecule has 0 atom stereocenters. The van der Waals surface area contributed by atoms with E-state index in [9.17, 15) is 9.90 Å². The van der Waals surface area contributed by atoms with Gasteiger partial charge in [0.15, 0.2) is 5.79 Å². The van der Waals surface area contributed by atoms with Crippen molar-refractivity contribution in [1.82, 2.24) is 10.3 Å². The number of hydrogen-bond acceptors (Lipinski definition) is 6. The van der Waals surface area contributed by atoms with Gasteiger partial charge < -0.3 is 24.6 Å². The first-order valence-electron chi connectivity index (χ1n) is 11.8. The molecule has 0 spiro atoms. The Labute approximate surface area is 195 Å². The highest BCUT2D eigenvalue weighted by Gasteiger charge is 2.34. The van der Waals surface area contributed by atoms with E-state index in [4.69, 9.17) is 14.2 Å². The maximum Gasteiger partial charge on any atom is 0.256 e. The molecule has 1 aromatic heterocycles. The average molecular weight is 455 g/mol. The van der Waals surface area contributed by atoms with Crippen LogP contribution >= 0.6 is 0 Å². The summed E-state index contributed by atoms with van der Waals surface area (Å²) in [5, 5.41) is 13.3. The molecular weight excluding hydrogens is 420 g/mol. The van der Waals surface area contributed by atoms with Gasteiger partial charge in [-0.05, 0) is 82.6 Å². The molecule has 2 aliphatic rings. The van der Waals surface area contributed by atoms with Gasteiger partial charge in [0.2, 0.25) is 5.88 Å². The Bertz CT molecular complexity index is 957. The third-order valence-corrected chi connectivity index (χ3v) is 6.82. The number of amides is 1. The predicted octanol–water partition coefficient (Wildman–Crippen LogP) is 4.40. The molecule has 2 fully saturated rings. The van der Waals surface area contributed by atoms with Gasteiger partial charge in [-0.25, -0.2) is 4.98 Å². The summed E-state index contributed by atoms with van der Waals surface area (Å²) < 4.78 is 17.5. The maximum absolute atomic E-state index is 12.9. The van der Waals surface area contributed by atoms with Crippen LogP contribution in [0.25, 0.3) is 0 Å². The minimum atomic E-state index is -0.798. The molecule has 1 aliphatic carbocycles. The molecule has 0 radical (unpaired) electrons. The SMILES string of the molecule is CC1(c2cccc(Oc3ncccc3C(=O)NCC3CCC(C(C)(C)O)CC3)c2)OCCO1. The van der Waals surface area contributed by atoms with Crippen LogP contribution < -0.4 is 10.1 Å². The number of aromatic nitrogens is 1. The molecule has 1 amide bonds. The Balaban J connectivity index is 1.38. The molecule has 7 heteroatoms. The van der Waals surface area contributed by atoms with Gasteiger partial charge in [0, 0.05) is 18.3 Å². The fourth-order valence-electron chi connectivity index (χ4n) is 4.69. The van der Waals surface area contributed by atoms with Crippen molar-refractivity contribution in [2.75, 3.05) is 19.8 Å². The fourth-order valence-corrected chi connectivity index (χ4v) is 4.69. The van der Waals surface area contributed by atoms with Gasteiger partial charge in [-0.3, -0.25) is 4.79 Å². The van der Waals surface area contributed by atoms with Gasteiger partial charge in [0.25, 0.3) is 5.91 Å². The monoisotopic (exact) mass is 454 g/mol. The number of aliphatic hydroxyl groups is 1. The van der Waals surface area contributed by atoms with E-state index in [0.717, 1.165) is 31.2 Å². The molecular formula is C26H34N2O5. The third kappa shape index (κ3) is 5.72. The van der Waals surface area contributed by atoms with Crippen molar-refractivity contribution in [2.24, 2.45) is 11.8 Å². The second-order valence-electron chi connectivity index (χ2n) is 9.71. The summed E-state index contributed by atoms with van der Waals surface area (Å²) in [5.41, 5.74) is 0.606. The molecule has 2 N–H and O–H groups in total. The van der Waals surface area contributed by atoms with Crippen LogP contribution in [0.1, 0.15) is 62.4 Å². The van der Waals surface area contributed by atoms with E-state index < -0.39 is 11.4 Å². The number of hydrogen-bond donors (Lipinski definition) is 2. The van der Waals surface area contributed by atoms with Crippen LogP contribution in [0.2, 0.25) is 0 Å². The Kier molecular flexibility index (Phi) is 7.02. The summed E-state index contributed by atoms with van der Waals surface area (Å²) in [6.45, 7) is 7.35. The van der Waals surface area contributed by atoms with Crippen molar-refractivity contribution >= 4 is 5.91 Å². The summed E-state index contributed by atoms with van der Waals surface area (Å²) in [6.07, 6.45) is 5.57. The lowest BCUT2D eigenvalue weighted by atomic mass is 9.75. The van der Waals surface area contributed by atoms with Gasteiger partial charge in [0.1, 0.15) is 11.3 Å². The van der Waals surface area contributed by atoms with Crippen molar-refractivity contribution in [3.63, 3.8) is 0 Å². The molecule has 1 saturated heterocycles. The van der Waals surface area contributed by atoms with Crippen LogP contribution in [0, 0.1) is 11.8 Å². The minimum Gasteiger partial charge on any atom is -0.438 e. The number of nitrogens with zero attached hydrogens (tertiary/aromatic N) is 1. The van der Waals surface area contributed by atoms with E-state index in [-0.39, 0.29) is 11.8 Å². The predicted molar refractivity (Wildman–Crippen MR) is 124 cm³/mol. The van der Waals surface area contributed by atoms with Gasteiger partial charge in [0.05, 0.1) is 18.8 Å². The number of pyridine rings is 1. The van der Waals surface area contributed by atoms with E-state index in [1.54, 1.807) is 18.3 Å². The fraction of sp³-hybridized carbons (Fsp3) is 0.538. The number of benzene rings is 1. The van der Waals surface area contributed by atoms with Crippen molar-refractivity contribution < 1.29 is 24.1 Å². The number of nitrogens with one attached hydrogen (secondary N) is 1. The van der Waals surface area contributed by atoms with Crippen LogP contribution in [0.3, 0.4) is 0 Å². The molecule has 0 bridgehead atoms. The zero-order chi connectivity index (χ0) is 23.5. The van der Waals surface area contributed by atoms with Crippen molar-refractivity contribution in [1.29, 1.82) is 0 Å². The number of carbonyl (C=O) groups excluding carboxylic acids is 1.